The molecule has 0 aliphatic carbocycles. The number of furan rings is 1. The van der Waals surface area contributed by atoms with Gasteiger partial charge in [0.1, 0.15) is 0 Å². The average Bonchev–Trinajstić information content (AvgIpc) is 2.95. The third-order valence-electron chi connectivity index (χ3n) is 3.73. The highest BCUT2D eigenvalue weighted by atomic mass is 35.5. The van der Waals surface area contributed by atoms with Crippen LogP contribution in [0.5, 0.6) is 0 Å². The zero-order valence-corrected chi connectivity index (χ0v) is 10.2. The van der Waals surface area contributed by atoms with Crippen molar-refractivity contribution in [2.45, 2.75) is 18.9 Å². The number of amides is 1. The fourth-order valence-electron chi connectivity index (χ4n) is 2.82. The zero-order valence-electron chi connectivity index (χ0n) is 9.49. The lowest BCUT2D eigenvalue weighted by Gasteiger charge is -2.34. The van der Waals surface area contributed by atoms with Crippen LogP contribution >= 0.6 is 11.6 Å². The van der Waals surface area contributed by atoms with Gasteiger partial charge in [0.2, 0.25) is 0 Å². The van der Waals surface area contributed by atoms with E-state index in [4.69, 9.17) is 16.0 Å². The number of nitrogens with one attached hydrogen (secondary N) is 1. The number of rotatable bonds is 1. The number of carbonyl (C=O) groups is 1. The van der Waals surface area contributed by atoms with E-state index in [-0.39, 0.29) is 11.1 Å². The molecule has 2 saturated heterocycles. The van der Waals surface area contributed by atoms with Gasteiger partial charge in [-0.25, -0.2) is 0 Å². The van der Waals surface area contributed by atoms with Crippen molar-refractivity contribution >= 4 is 17.5 Å². The van der Waals surface area contributed by atoms with Crippen molar-refractivity contribution in [2.75, 3.05) is 19.6 Å². The summed E-state index contributed by atoms with van der Waals surface area (Å²) in [5, 5.41) is 3.75. The monoisotopic (exact) mass is 254 g/mol. The second-order valence-electron chi connectivity index (χ2n) is 4.75. The Kier molecular flexibility index (Phi) is 2.84. The van der Waals surface area contributed by atoms with E-state index in [1.807, 2.05) is 4.90 Å². The highest BCUT2D eigenvalue weighted by Gasteiger charge is 2.35. The zero-order chi connectivity index (χ0) is 11.8. The number of hydrogen-bond donors (Lipinski definition) is 1. The molecule has 2 fully saturated rings. The molecule has 2 aliphatic heterocycles. The number of nitrogens with zero attached hydrogens (tertiary/aromatic N) is 1. The third-order valence-corrected chi connectivity index (χ3v) is 3.93. The van der Waals surface area contributed by atoms with E-state index in [0.29, 0.717) is 17.7 Å². The van der Waals surface area contributed by atoms with Gasteiger partial charge in [-0.1, -0.05) is 0 Å². The molecule has 0 aromatic carbocycles. The van der Waals surface area contributed by atoms with Crippen molar-refractivity contribution in [1.82, 2.24) is 10.2 Å². The van der Waals surface area contributed by atoms with Crippen LogP contribution < -0.4 is 5.32 Å². The van der Waals surface area contributed by atoms with Gasteiger partial charge >= 0.3 is 0 Å². The molecule has 2 atom stereocenters. The molecule has 92 valence electrons. The maximum Gasteiger partial charge on any atom is 0.289 e. The highest BCUT2D eigenvalue weighted by molar-refractivity contribution is 6.29. The van der Waals surface area contributed by atoms with Gasteiger partial charge in [0.15, 0.2) is 11.0 Å². The van der Waals surface area contributed by atoms with E-state index in [1.165, 1.54) is 0 Å². The number of piperidine rings is 1. The molecular weight excluding hydrogens is 240 g/mol. The van der Waals surface area contributed by atoms with Crippen LogP contribution in [-0.2, 0) is 0 Å². The molecule has 17 heavy (non-hydrogen) atoms. The summed E-state index contributed by atoms with van der Waals surface area (Å²) in [7, 11) is 0. The predicted molar refractivity (Wildman–Crippen MR) is 64.1 cm³/mol. The molecule has 4 nitrogen and oxygen atoms in total. The summed E-state index contributed by atoms with van der Waals surface area (Å²) in [6.45, 7) is 2.70. The minimum absolute atomic E-state index is 0.0396. The fourth-order valence-corrected chi connectivity index (χ4v) is 2.96. The maximum absolute atomic E-state index is 12.2. The maximum atomic E-state index is 12.2. The minimum atomic E-state index is -0.0396. The first-order valence-electron chi connectivity index (χ1n) is 6.02. The lowest BCUT2D eigenvalue weighted by Crippen LogP contribution is -2.46. The second-order valence-corrected chi connectivity index (χ2v) is 5.13. The standard InChI is InChI=1S/C12H15ClN2O2/c13-11-2-1-10(17-11)12(16)15-6-4-9-8(7-15)3-5-14-9/h1-2,8-9,14H,3-7H2. The average molecular weight is 255 g/mol. The Morgan fingerprint density at radius 2 is 2.35 bits per heavy atom. The Morgan fingerprint density at radius 1 is 1.47 bits per heavy atom. The summed E-state index contributed by atoms with van der Waals surface area (Å²) in [4.78, 5) is 14.0. The Labute approximate surface area is 105 Å². The summed E-state index contributed by atoms with van der Waals surface area (Å²) in [5.41, 5.74) is 0. The second kappa shape index (κ2) is 4.35. The molecule has 1 amide bonds. The lowest BCUT2D eigenvalue weighted by molar-refractivity contribution is 0.0630. The lowest BCUT2D eigenvalue weighted by atomic mass is 9.93. The molecule has 3 rings (SSSR count). The van der Waals surface area contributed by atoms with Gasteiger partial charge in [-0.2, -0.15) is 0 Å². The van der Waals surface area contributed by atoms with Crippen LogP contribution in [0.4, 0.5) is 0 Å². The number of likely N-dealkylation sites (tertiary alicyclic amines) is 1. The van der Waals surface area contributed by atoms with Gasteiger partial charge in [-0.15, -0.1) is 0 Å². The smallest absolute Gasteiger partial charge is 0.289 e. The van der Waals surface area contributed by atoms with E-state index in [1.54, 1.807) is 12.1 Å². The van der Waals surface area contributed by atoms with Crippen LogP contribution in [0.25, 0.3) is 0 Å². The van der Waals surface area contributed by atoms with E-state index in [9.17, 15) is 4.79 Å². The summed E-state index contributed by atoms with van der Waals surface area (Å²) < 4.78 is 5.17. The van der Waals surface area contributed by atoms with E-state index in [0.717, 1.165) is 32.5 Å². The van der Waals surface area contributed by atoms with Crippen molar-refractivity contribution in [3.8, 4) is 0 Å². The summed E-state index contributed by atoms with van der Waals surface area (Å²) in [6.07, 6.45) is 2.19. The first kappa shape index (κ1) is 11.1. The van der Waals surface area contributed by atoms with Crippen molar-refractivity contribution in [2.24, 2.45) is 5.92 Å². The number of halogens is 1. The molecule has 5 heteroatoms. The van der Waals surface area contributed by atoms with E-state index in [2.05, 4.69) is 5.32 Å². The van der Waals surface area contributed by atoms with Crippen LogP contribution in [0.2, 0.25) is 5.22 Å². The molecule has 1 N–H and O–H groups in total. The Morgan fingerprint density at radius 3 is 3.12 bits per heavy atom. The highest BCUT2D eigenvalue weighted by Crippen LogP contribution is 2.26. The minimum Gasteiger partial charge on any atom is -0.440 e. The normalized spacial score (nSPS) is 28.2. The number of hydrogen-bond acceptors (Lipinski definition) is 3. The van der Waals surface area contributed by atoms with Gasteiger partial charge in [-0.05, 0) is 49.0 Å². The first-order chi connectivity index (χ1) is 8.24. The predicted octanol–water partition coefficient (Wildman–Crippen LogP) is 1.76. The molecule has 0 bridgehead atoms. The molecule has 2 unspecified atom stereocenters. The van der Waals surface area contributed by atoms with Crippen LogP contribution in [0, 0.1) is 5.92 Å². The summed E-state index contributed by atoms with van der Waals surface area (Å²) in [6, 6.07) is 3.85. The van der Waals surface area contributed by atoms with Gasteiger partial charge in [0.05, 0.1) is 0 Å². The molecule has 0 saturated carbocycles. The molecular formula is C12H15ClN2O2. The Balaban J connectivity index is 1.70. The van der Waals surface area contributed by atoms with E-state index >= 15 is 0 Å². The first-order valence-corrected chi connectivity index (χ1v) is 6.40. The van der Waals surface area contributed by atoms with Crippen molar-refractivity contribution < 1.29 is 9.21 Å². The Bertz CT molecular complexity index is 432. The molecule has 1 aromatic rings. The SMILES string of the molecule is O=C(c1ccc(Cl)o1)N1CCC2NCCC2C1. The van der Waals surface area contributed by atoms with Gasteiger partial charge in [0.25, 0.3) is 5.91 Å². The summed E-state index contributed by atoms with van der Waals surface area (Å²) >= 11 is 5.69. The Hall–Kier alpha value is -1.00. The topological polar surface area (TPSA) is 45.5 Å². The van der Waals surface area contributed by atoms with Crippen LogP contribution in [0.1, 0.15) is 23.4 Å². The third kappa shape index (κ3) is 2.07. The van der Waals surface area contributed by atoms with Crippen LogP contribution in [-0.4, -0.2) is 36.5 Å². The summed E-state index contributed by atoms with van der Waals surface area (Å²) in [5.74, 6) is 0.903. The van der Waals surface area contributed by atoms with Gasteiger partial charge < -0.3 is 14.6 Å². The fraction of sp³-hybridized carbons (Fsp3) is 0.583. The molecule has 0 spiro atoms. The van der Waals surface area contributed by atoms with Crippen LogP contribution in [0.3, 0.4) is 0 Å². The van der Waals surface area contributed by atoms with Gasteiger partial charge in [0, 0.05) is 19.1 Å². The number of fused-ring (bicyclic) bond motifs is 1. The number of carbonyl (C=O) groups excluding carboxylic acids is 1. The van der Waals surface area contributed by atoms with Crippen molar-refractivity contribution in [3.05, 3.63) is 23.1 Å². The molecule has 1 aromatic heterocycles. The van der Waals surface area contributed by atoms with Crippen LogP contribution in [0.15, 0.2) is 16.5 Å². The molecule has 3 heterocycles. The van der Waals surface area contributed by atoms with Crippen molar-refractivity contribution in [1.29, 1.82) is 0 Å². The largest absolute Gasteiger partial charge is 0.440 e. The molecule has 0 radical (unpaired) electrons. The van der Waals surface area contributed by atoms with Crippen molar-refractivity contribution in [3.63, 3.8) is 0 Å². The van der Waals surface area contributed by atoms with Gasteiger partial charge in [-0.3, -0.25) is 4.79 Å². The quantitative estimate of drug-likeness (QED) is 0.831. The molecule has 2 aliphatic rings. The van der Waals surface area contributed by atoms with E-state index < -0.39 is 0 Å².